The first-order chi connectivity index (χ1) is 19.3. The number of hydrazone groups is 2. The van der Waals surface area contributed by atoms with Crippen molar-refractivity contribution < 1.29 is 19.8 Å². The van der Waals surface area contributed by atoms with Gasteiger partial charge in [0.25, 0.3) is 0 Å². The molecule has 2 aliphatic rings. The van der Waals surface area contributed by atoms with Crippen molar-refractivity contribution in [3.05, 3.63) is 83.5 Å². The highest BCUT2D eigenvalue weighted by Crippen LogP contribution is 2.15. The van der Waals surface area contributed by atoms with Gasteiger partial charge in [0.1, 0.15) is 0 Å². The summed E-state index contributed by atoms with van der Waals surface area (Å²) in [4.78, 5) is 22.8. The van der Waals surface area contributed by atoms with E-state index in [9.17, 15) is 19.8 Å². The number of allylic oxidation sites excluding steroid dienone is 2. The van der Waals surface area contributed by atoms with Crippen molar-refractivity contribution in [2.75, 3.05) is 23.9 Å². The summed E-state index contributed by atoms with van der Waals surface area (Å²) in [6.07, 6.45) is 6.22. The van der Waals surface area contributed by atoms with Crippen molar-refractivity contribution in [2.24, 2.45) is 10.2 Å². The van der Waals surface area contributed by atoms with Crippen molar-refractivity contribution in [3.63, 3.8) is 0 Å². The van der Waals surface area contributed by atoms with Crippen LogP contribution in [-0.2, 0) is 0 Å². The molecule has 0 atom stereocenters. The Kier molecular flexibility index (Phi) is 9.31. The summed E-state index contributed by atoms with van der Waals surface area (Å²) in [5.74, 6) is -1.21. The maximum Gasteiger partial charge on any atom is 0.335 e. The minimum absolute atomic E-state index is 0.108. The van der Waals surface area contributed by atoms with E-state index in [2.05, 4.69) is 42.8 Å². The molecule has 8 N–H and O–H groups in total. The van der Waals surface area contributed by atoms with Gasteiger partial charge in [-0.25, -0.2) is 41.5 Å². The molecule has 16 nitrogen and oxygen atoms in total. The second-order valence-electron chi connectivity index (χ2n) is 7.86. The molecule has 2 aliphatic heterocycles. The molecule has 0 aliphatic carbocycles. The molecule has 2 aromatic rings. The number of carboxylic acid groups (broad SMARTS) is 2. The number of carboxylic acids is 2. The van der Waals surface area contributed by atoms with Gasteiger partial charge >= 0.3 is 11.9 Å². The minimum atomic E-state index is -1.06. The molecule has 2 heterocycles. The third-order valence-corrected chi connectivity index (χ3v) is 5.41. The van der Waals surface area contributed by atoms with Gasteiger partial charge in [-0.05, 0) is 36.4 Å². The van der Waals surface area contributed by atoms with Crippen LogP contribution in [-0.4, -0.2) is 67.2 Å². The van der Waals surface area contributed by atoms with Crippen LogP contribution in [0.2, 0.25) is 0 Å². The predicted molar refractivity (Wildman–Crippen MR) is 149 cm³/mol. The summed E-state index contributed by atoms with van der Waals surface area (Å²) in [6, 6.07) is 12.5. The zero-order chi connectivity index (χ0) is 28.5. The van der Waals surface area contributed by atoms with Crippen LogP contribution < -0.4 is 32.6 Å². The Bertz CT molecular complexity index is 1250. The number of aromatic carboxylic acids is 2. The summed E-state index contributed by atoms with van der Waals surface area (Å²) in [5, 5.41) is 29.4. The molecule has 0 radical (unpaired) electrons. The van der Waals surface area contributed by atoms with Gasteiger partial charge in [-0.15, -0.1) is 19.5 Å². The first-order valence-electron chi connectivity index (χ1n) is 11.5. The average Bonchev–Trinajstić information content (AvgIpc) is 2.94. The van der Waals surface area contributed by atoms with Crippen molar-refractivity contribution in [1.82, 2.24) is 41.2 Å². The predicted octanol–water partition coefficient (Wildman–Crippen LogP) is 1.65. The fourth-order valence-corrected chi connectivity index (χ4v) is 3.58. The SMILES string of the molecule is O=C(O)c1cccc(NN(NCCNN(Nc2cccc(C(=O)O)c2)C2=CC=NN(Cl)N2)C2=CC=NN(Cl)N2)c1. The maximum absolute atomic E-state index is 11.4. The van der Waals surface area contributed by atoms with Crippen molar-refractivity contribution >= 4 is 59.3 Å². The Balaban J connectivity index is 1.44. The quantitative estimate of drug-likeness (QED) is 0.0956. The van der Waals surface area contributed by atoms with Gasteiger partial charge in [0.2, 0.25) is 0 Å². The van der Waals surface area contributed by atoms with Crippen LogP contribution in [0.5, 0.6) is 0 Å². The van der Waals surface area contributed by atoms with E-state index in [-0.39, 0.29) is 11.1 Å². The molecule has 2 aromatic carbocycles. The Morgan fingerprint density at radius 1 is 0.775 bits per heavy atom. The molecular formula is C22H24Cl2N12O4. The first kappa shape index (κ1) is 28.1. The third kappa shape index (κ3) is 7.81. The Morgan fingerprint density at radius 2 is 1.20 bits per heavy atom. The lowest BCUT2D eigenvalue weighted by Crippen LogP contribution is -2.53. The van der Waals surface area contributed by atoms with E-state index in [0.717, 1.165) is 9.27 Å². The van der Waals surface area contributed by atoms with Crippen LogP contribution >= 0.6 is 23.6 Å². The van der Waals surface area contributed by atoms with Gasteiger partial charge in [0.05, 0.1) is 58.5 Å². The van der Waals surface area contributed by atoms with E-state index in [4.69, 9.17) is 23.6 Å². The van der Waals surface area contributed by atoms with E-state index >= 15 is 0 Å². The zero-order valence-corrected chi connectivity index (χ0v) is 22.0. The highest BCUT2D eigenvalue weighted by molar-refractivity contribution is 6.13. The Hall–Kier alpha value is -4.90. The molecule has 0 spiro atoms. The van der Waals surface area contributed by atoms with E-state index in [1.807, 2.05) is 0 Å². The van der Waals surface area contributed by atoms with Gasteiger partial charge in [-0.3, -0.25) is 10.9 Å². The first-order valence-corrected chi connectivity index (χ1v) is 12.2. The molecule has 40 heavy (non-hydrogen) atoms. The minimum Gasteiger partial charge on any atom is -0.478 e. The summed E-state index contributed by atoms with van der Waals surface area (Å²) in [7, 11) is 0. The van der Waals surface area contributed by atoms with Crippen molar-refractivity contribution in [1.29, 1.82) is 0 Å². The second kappa shape index (κ2) is 13.3. The number of hydrogen-bond acceptors (Lipinski definition) is 14. The van der Waals surface area contributed by atoms with Gasteiger partial charge in [-0.1, -0.05) is 12.1 Å². The molecule has 0 bridgehead atoms. The zero-order valence-electron chi connectivity index (χ0n) is 20.5. The molecule has 0 saturated carbocycles. The number of benzene rings is 2. The summed E-state index contributed by atoms with van der Waals surface area (Å²) >= 11 is 11.9. The van der Waals surface area contributed by atoms with Crippen molar-refractivity contribution in [2.45, 2.75) is 0 Å². The van der Waals surface area contributed by atoms with E-state index in [1.54, 1.807) is 36.4 Å². The largest absolute Gasteiger partial charge is 0.478 e. The highest BCUT2D eigenvalue weighted by Gasteiger charge is 2.17. The molecule has 0 saturated heterocycles. The summed E-state index contributed by atoms with van der Waals surface area (Å²) in [5.41, 5.74) is 19.3. The van der Waals surface area contributed by atoms with Gasteiger partial charge in [-0.2, -0.15) is 0 Å². The van der Waals surface area contributed by atoms with Gasteiger partial charge in [0, 0.05) is 25.2 Å². The smallest absolute Gasteiger partial charge is 0.335 e. The number of anilines is 2. The Morgan fingerprint density at radius 3 is 1.57 bits per heavy atom. The Labute approximate surface area is 237 Å². The van der Waals surface area contributed by atoms with Crippen LogP contribution in [0.4, 0.5) is 11.4 Å². The summed E-state index contributed by atoms with van der Waals surface area (Å²) < 4.78 is 1.96. The molecule has 0 amide bonds. The molecule has 0 unspecified atom stereocenters. The molecule has 0 fully saturated rings. The summed E-state index contributed by atoms with van der Waals surface area (Å²) in [6.45, 7) is 0.618. The lowest BCUT2D eigenvalue weighted by molar-refractivity contribution is 0.0686. The van der Waals surface area contributed by atoms with Crippen LogP contribution in [0.1, 0.15) is 20.7 Å². The number of hydrogen-bond donors (Lipinski definition) is 8. The fourth-order valence-electron chi connectivity index (χ4n) is 3.30. The highest BCUT2D eigenvalue weighted by atomic mass is 35.5. The monoisotopic (exact) mass is 590 g/mol. The normalized spacial score (nSPS) is 13.9. The molecule has 18 heteroatoms. The van der Waals surface area contributed by atoms with E-state index in [0.29, 0.717) is 36.1 Å². The number of hydrazine groups is 6. The number of rotatable bonds is 13. The van der Waals surface area contributed by atoms with Crippen molar-refractivity contribution in [3.8, 4) is 0 Å². The lowest BCUT2D eigenvalue weighted by atomic mass is 10.2. The molecule has 4 rings (SSSR count). The van der Waals surface area contributed by atoms with Crippen LogP contribution in [0.15, 0.2) is 82.5 Å². The number of halogens is 2. The van der Waals surface area contributed by atoms with E-state index < -0.39 is 11.9 Å². The molecule has 0 aromatic heterocycles. The van der Waals surface area contributed by atoms with Crippen LogP contribution in [0.25, 0.3) is 0 Å². The van der Waals surface area contributed by atoms with Crippen LogP contribution in [0, 0.1) is 0 Å². The standard InChI is InChI=1S/C22H24Cl2N12O4/c23-35-27-9-7-19(31-35)33(29-17-5-1-3-15(13-17)21(37)38)25-11-12-26-34(20-8-10-28-36(24)32-20)30-18-6-2-4-16(14-18)22(39)40/h1-10,13-14,25-26,29-32H,11-12H2,(H,37,38)(H,39,40). The van der Waals surface area contributed by atoms with E-state index in [1.165, 1.54) is 46.9 Å². The average molecular weight is 591 g/mol. The fraction of sp³-hybridized carbons (Fsp3) is 0.0909. The van der Waals surface area contributed by atoms with Gasteiger partial charge in [0.15, 0.2) is 11.6 Å². The number of nitrogens with one attached hydrogen (secondary N) is 6. The lowest BCUT2D eigenvalue weighted by Gasteiger charge is -2.33. The number of nitrogens with zero attached hydrogens (tertiary/aromatic N) is 6. The van der Waals surface area contributed by atoms with Gasteiger partial charge < -0.3 is 10.2 Å². The molecule has 210 valence electrons. The second-order valence-corrected chi connectivity index (χ2v) is 8.50. The third-order valence-electron chi connectivity index (χ3n) is 5.06. The van der Waals surface area contributed by atoms with Crippen LogP contribution in [0.3, 0.4) is 0 Å². The topological polar surface area (TPSA) is 184 Å². The number of carbonyl (C=O) groups is 2. The molecular weight excluding hydrogens is 567 g/mol. The maximum atomic E-state index is 11.4.